The average molecular weight is 488 g/mol. The molecule has 1 aliphatic rings. The van der Waals surface area contributed by atoms with Crippen molar-refractivity contribution in [3.05, 3.63) is 90.0 Å². The molecule has 190 valence electrons. The van der Waals surface area contributed by atoms with Crippen LogP contribution in [0.1, 0.15) is 74.2 Å². The third-order valence-corrected chi connectivity index (χ3v) is 6.99. The van der Waals surface area contributed by atoms with Gasteiger partial charge in [0.05, 0.1) is 12.2 Å². The number of carbonyl (C=O) groups excluding carboxylic acids is 1. The Morgan fingerprint density at radius 1 is 0.861 bits per heavy atom. The van der Waals surface area contributed by atoms with Gasteiger partial charge in [0.2, 0.25) is 0 Å². The average Bonchev–Trinajstić information content (AvgIpc) is 3.43. The molecular formula is C31H37NO4. The minimum Gasteiger partial charge on any atom is -0.493 e. The molecule has 0 saturated heterocycles. The quantitative estimate of drug-likeness (QED) is 0.239. The topological polar surface area (TPSA) is 70.0 Å². The maximum atomic E-state index is 13.8. The molecule has 1 saturated carbocycles. The Balaban J connectivity index is 1.61. The van der Waals surface area contributed by atoms with Crippen LogP contribution in [0.5, 0.6) is 5.75 Å². The highest BCUT2D eigenvalue weighted by atomic mass is 16.5. The van der Waals surface area contributed by atoms with E-state index in [1.165, 1.54) is 4.90 Å². The first-order chi connectivity index (χ1) is 17.5. The summed E-state index contributed by atoms with van der Waals surface area (Å²) in [4.78, 5) is 15.1. The largest absolute Gasteiger partial charge is 0.493 e. The predicted molar refractivity (Wildman–Crippen MR) is 142 cm³/mol. The van der Waals surface area contributed by atoms with E-state index >= 15 is 0 Å². The lowest BCUT2D eigenvalue weighted by Crippen LogP contribution is -2.54. The smallest absolute Gasteiger partial charge is 0.281 e. The molecule has 0 unspecified atom stereocenters. The third kappa shape index (κ3) is 5.97. The number of carbonyl (C=O) groups is 1. The number of para-hydroxylation sites is 1. The summed E-state index contributed by atoms with van der Waals surface area (Å²) in [7, 11) is 0. The van der Waals surface area contributed by atoms with E-state index in [0.29, 0.717) is 17.9 Å². The van der Waals surface area contributed by atoms with Crippen LogP contribution in [0.25, 0.3) is 11.1 Å². The van der Waals surface area contributed by atoms with Crippen LogP contribution in [0.2, 0.25) is 0 Å². The molecule has 1 fully saturated rings. The molecule has 3 aromatic rings. The molecule has 0 bridgehead atoms. The van der Waals surface area contributed by atoms with E-state index in [1.54, 1.807) is 30.3 Å². The fourth-order valence-electron chi connectivity index (χ4n) is 5.01. The van der Waals surface area contributed by atoms with E-state index in [9.17, 15) is 15.0 Å². The van der Waals surface area contributed by atoms with E-state index < -0.39 is 11.8 Å². The van der Waals surface area contributed by atoms with Crippen molar-refractivity contribution in [3.63, 3.8) is 0 Å². The van der Waals surface area contributed by atoms with E-state index in [4.69, 9.17) is 4.74 Å². The van der Waals surface area contributed by atoms with E-state index in [1.807, 2.05) is 48.5 Å². The van der Waals surface area contributed by atoms with Gasteiger partial charge in [-0.1, -0.05) is 93.6 Å². The Labute approximate surface area is 214 Å². The first-order valence-corrected chi connectivity index (χ1v) is 13.2. The second kappa shape index (κ2) is 12.2. The Morgan fingerprint density at radius 2 is 1.50 bits per heavy atom. The van der Waals surface area contributed by atoms with Crippen LogP contribution < -0.4 is 4.74 Å². The fraction of sp³-hybridized carbons (Fsp3) is 0.387. The molecule has 0 aromatic heterocycles. The molecule has 0 radical (unpaired) electrons. The molecule has 5 heteroatoms. The molecule has 4 rings (SSSR count). The molecule has 0 atom stereocenters. The van der Waals surface area contributed by atoms with Crippen molar-refractivity contribution in [3.8, 4) is 16.9 Å². The highest BCUT2D eigenvalue weighted by Gasteiger charge is 2.45. The molecule has 0 aliphatic heterocycles. The van der Waals surface area contributed by atoms with Gasteiger partial charge in [-0.05, 0) is 54.7 Å². The molecule has 1 amide bonds. The van der Waals surface area contributed by atoms with Crippen LogP contribution in [0.3, 0.4) is 0 Å². The number of hydrogen-bond donors (Lipinski definition) is 2. The number of nitrogens with zero attached hydrogens (tertiary/aromatic N) is 1. The van der Waals surface area contributed by atoms with Crippen LogP contribution in [-0.4, -0.2) is 33.7 Å². The maximum absolute atomic E-state index is 13.8. The number of amides is 1. The van der Waals surface area contributed by atoms with Gasteiger partial charge in [0.15, 0.2) is 0 Å². The number of benzene rings is 3. The van der Waals surface area contributed by atoms with Crippen molar-refractivity contribution in [2.75, 3.05) is 6.61 Å². The molecular weight excluding hydrogens is 450 g/mol. The van der Waals surface area contributed by atoms with Gasteiger partial charge in [-0.2, -0.15) is 0 Å². The minimum atomic E-state index is -2.50. The summed E-state index contributed by atoms with van der Waals surface area (Å²) in [5, 5.41) is 23.1. The van der Waals surface area contributed by atoms with Gasteiger partial charge < -0.3 is 14.9 Å². The van der Waals surface area contributed by atoms with Crippen molar-refractivity contribution in [2.45, 2.75) is 70.2 Å². The summed E-state index contributed by atoms with van der Waals surface area (Å²) in [6.07, 6.45) is 7.60. The third-order valence-electron chi connectivity index (χ3n) is 6.99. The molecule has 2 N–H and O–H groups in total. The van der Waals surface area contributed by atoms with Crippen molar-refractivity contribution in [1.82, 2.24) is 4.90 Å². The summed E-state index contributed by atoms with van der Waals surface area (Å²) in [6, 6.07) is 24.0. The second-order valence-electron chi connectivity index (χ2n) is 9.60. The van der Waals surface area contributed by atoms with Crippen molar-refractivity contribution < 1.29 is 19.7 Å². The molecule has 0 spiro atoms. The lowest BCUT2D eigenvalue weighted by molar-refractivity contribution is -0.266. The van der Waals surface area contributed by atoms with Crippen LogP contribution in [0.4, 0.5) is 0 Å². The van der Waals surface area contributed by atoms with Gasteiger partial charge in [-0.15, -0.1) is 0 Å². The second-order valence-corrected chi connectivity index (χ2v) is 9.60. The normalized spacial score (nSPS) is 14.1. The van der Waals surface area contributed by atoms with E-state index in [-0.39, 0.29) is 11.6 Å². The Morgan fingerprint density at radius 3 is 2.19 bits per heavy atom. The van der Waals surface area contributed by atoms with Crippen molar-refractivity contribution >= 4 is 5.91 Å². The van der Waals surface area contributed by atoms with Gasteiger partial charge in [0.1, 0.15) is 5.75 Å². The van der Waals surface area contributed by atoms with Gasteiger partial charge in [-0.25, -0.2) is 0 Å². The number of aliphatic hydroxyl groups is 2. The zero-order valence-electron chi connectivity index (χ0n) is 21.1. The fourth-order valence-corrected chi connectivity index (χ4v) is 5.01. The van der Waals surface area contributed by atoms with E-state index in [2.05, 4.69) is 6.92 Å². The monoisotopic (exact) mass is 487 g/mol. The predicted octanol–water partition coefficient (Wildman–Crippen LogP) is 6.49. The number of rotatable bonds is 11. The highest BCUT2D eigenvalue weighted by molar-refractivity contribution is 5.95. The number of ether oxygens (including phenoxy) is 1. The minimum absolute atomic E-state index is 0.196. The van der Waals surface area contributed by atoms with Gasteiger partial charge in [-0.3, -0.25) is 9.69 Å². The van der Waals surface area contributed by atoms with Crippen LogP contribution in [0.15, 0.2) is 78.9 Å². The maximum Gasteiger partial charge on any atom is 0.281 e. The zero-order chi connectivity index (χ0) is 25.4. The van der Waals surface area contributed by atoms with Crippen LogP contribution in [0, 0.1) is 0 Å². The van der Waals surface area contributed by atoms with Crippen molar-refractivity contribution in [2.24, 2.45) is 0 Å². The summed E-state index contributed by atoms with van der Waals surface area (Å²) in [5.41, 5.74) is 2.68. The number of unbranched alkanes of at least 4 members (excludes halogenated alkanes) is 3. The summed E-state index contributed by atoms with van der Waals surface area (Å²) in [6.45, 7) is 2.65. The molecule has 0 heterocycles. The van der Waals surface area contributed by atoms with Gasteiger partial charge in [0, 0.05) is 11.6 Å². The Bertz CT molecular complexity index is 1100. The summed E-state index contributed by atoms with van der Waals surface area (Å²) < 4.78 is 5.98. The molecule has 36 heavy (non-hydrogen) atoms. The Kier molecular flexibility index (Phi) is 8.79. The first-order valence-electron chi connectivity index (χ1n) is 13.2. The zero-order valence-corrected chi connectivity index (χ0v) is 21.1. The lowest BCUT2D eigenvalue weighted by atomic mass is 10.0. The summed E-state index contributed by atoms with van der Waals surface area (Å²) >= 11 is 0. The van der Waals surface area contributed by atoms with Crippen molar-refractivity contribution in [1.29, 1.82) is 0 Å². The standard InChI is InChI=1S/C31H37NO4/c1-2-3-4-12-23-36-29-18-11-10-17-28(29)31(34,35)32(27-15-8-9-16-27)30(33)26-21-19-25(20-22-26)24-13-6-5-7-14-24/h5-7,10-11,13-14,17-22,27,34-35H,2-4,8-9,12,15-16,23H2,1H3. The van der Waals surface area contributed by atoms with Crippen LogP contribution in [-0.2, 0) is 5.91 Å². The summed E-state index contributed by atoms with van der Waals surface area (Å²) in [5.74, 6) is -2.50. The molecule has 1 aliphatic carbocycles. The SMILES string of the molecule is CCCCCCOc1ccccc1C(O)(O)N(C(=O)c1ccc(-c2ccccc2)cc1)C1CCCC1. The molecule has 3 aromatic carbocycles. The molecule has 5 nitrogen and oxygen atoms in total. The lowest BCUT2D eigenvalue weighted by Gasteiger charge is -2.40. The Hall–Kier alpha value is -3.15. The van der Waals surface area contributed by atoms with Gasteiger partial charge >= 0.3 is 0 Å². The highest BCUT2D eigenvalue weighted by Crippen LogP contribution is 2.38. The van der Waals surface area contributed by atoms with Crippen LogP contribution >= 0.6 is 0 Å². The van der Waals surface area contributed by atoms with Gasteiger partial charge in [0.25, 0.3) is 11.8 Å². The van der Waals surface area contributed by atoms with E-state index in [0.717, 1.165) is 62.5 Å². The number of hydrogen-bond acceptors (Lipinski definition) is 4. The first kappa shape index (κ1) is 25.9.